The van der Waals surface area contributed by atoms with Crippen molar-refractivity contribution < 1.29 is 17.6 Å². The summed E-state index contributed by atoms with van der Waals surface area (Å²) in [7, 11) is -3.98. The summed E-state index contributed by atoms with van der Waals surface area (Å²) in [5, 5.41) is 4.13. The van der Waals surface area contributed by atoms with Crippen LogP contribution >= 0.6 is 22.9 Å². The Morgan fingerprint density at radius 1 is 1.17 bits per heavy atom. The van der Waals surface area contributed by atoms with Crippen molar-refractivity contribution in [1.82, 2.24) is 4.90 Å². The molecule has 0 saturated heterocycles. The van der Waals surface area contributed by atoms with Crippen LogP contribution in [0.4, 0.5) is 10.1 Å². The standard InChI is InChI=1S/C21H18ClFN2O3S2/c22-19-8-1-15(21(26)25(17-4-5-17)12-14-9-10-29-13-14)11-20(19)24-30(27,28)18-6-2-16(23)3-7-18/h1-3,6-11,13,17,24H,4-5,12H2. The van der Waals surface area contributed by atoms with Gasteiger partial charge < -0.3 is 4.90 Å². The number of amides is 1. The van der Waals surface area contributed by atoms with Gasteiger partial charge in [0.05, 0.1) is 15.6 Å². The topological polar surface area (TPSA) is 66.5 Å². The predicted octanol–water partition coefficient (Wildman–Crippen LogP) is 5.15. The molecule has 1 N–H and O–H groups in total. The van der Waals surface area contributed by atoms with Crippen LogP contribution in [0.1, 0.15) is 28.8 Å². The number of thiophene rings is 1. The largest absolute Gasteiger partial charge is 0.331 e. The average Bonchev–Trinajstić information content (AvgIpc) is 3.43. The molecule has 0 radical (unpaired) electrons. The van der Waals surface area contributed by atoms with Crippen molar-refractivity contribution in [2.24, 2.45) is 0 Å². The maximum atomic E-state index is 13.2. The molecule has 1 saturated carbocycles. The van der Waals surface area contributed by atoms with Crippen LogP contribution in [0.25, 0.3) is 0 Å². The van der Waals surface area contributed by atoms with Crippen molar-refractivity contribution in [2.45, 2.75) is 30.3 Å². The number of carbonyl (C=O) groups is 1. The number of hydrogen-bond acceptors (Lipinski definition) is 4. The van der Waals surface area contributed by atoms with Crippen LogP contribution in [0.15, 0.2) is 64.2 Å². The quantitative estimate of drug-likeness (QED) is 0.526. The molecule has 0 unspecified atom stereocenters. The molecule has 5 nitrogen and oxygen atoms in total. The summed E-state index contributed by atoms with van der Waals surface area (Å²) >= 11 is 7.75. The van der Waals surface area contributed by atoms with E-state index in [0.717, 1.165) is 42.7 Å². The molecule has 1 aliphatic rings. The van der Waals surface area contributed by atoms with E-state index in [4.69, 9.17) is 11.6 Å². The Morgan fingerprint density at radius 2 is 1.90 bits per heavy atom. The Kier molecular flexibility index (Phi) is 5.81. The highest BCUT2D eigenvalue weighted by atomic mass is 35.5. The molecule has 4 rings (SSSR count). The second-order valence-corrected chi connectivity index (χ2v) is 9.92. The summed E-state index contributed by atoms with van der Waals surface area (Å²) < 4.78 is 40.8. The summed E-state index contributed by atoms with van der Waals surface area (Å²) in [4.78, 5) is 14.9. The molecular weight excluding hydrogens is 447 g/mol. The van der Waals surface area contributed by atoms with E-state index >= 15 is 0 Å². The van der Waals surface area contributed by atoms with E-state index in [1.54, 1.807) is 17.4 Å². The number of benzene rings is 2. The van der Waals surface area contributed by atoms with Gasteiger partial charge >= 0.3 is 0 Å². The van der Waals surface area contributed by atoms with Gasteiger partial charge in [-0.3, -0.25) is 9.52 Å². The molecule has 1 aliphatic carbocycles. The van der Waals surface area contributed by atoms with Crippen molar-refractivity contribution in [1.29, 1.82) is 0 Å². The fraction of sp³-hybridized carbons (Fsp3) is 0.190. The van der Waals surface area contributed by atoms with Crippen LogP contribution in [0, 0.1) is 5.82 Å². The zero-order valence-corrected chi connectivity index (χ0v) is 18.1. The van der Waals surface area contributed by atoms with E-state index in [0.29, 0.717) is 12.1 Å². The third-order valence-corrected chi connectivity index (χ3v) is 7.21. The van der Waals surface area contributed by atoms with Crippen molar-refractivity contribution in [2.75, 3.05) is 4.72 Å². The molecule has 3 aromatic rings. The first-order valence-electron chi connectivity index (χ1n) is 9.23. The van der Waals surface area contributed by atoms with Crippen LogP contribution in [0.3, 0.4) is 0 Å². The molecule has 1 heterocycles. The lowest BCUT2D eigenvalue weighted by molar-refractivity contribution is 0.0730. The molecule has 30 heavy (non-hydrogen) atoms. The summed E-state index contributed by atoms with van der Waals surface area (Å²) in [6.07, 6.45) is 1.90. The highest BCUT2D eigenvalue weighted by Crippen LogP contribution is 2.32. The third kappa shape index (κ3) is 4.66. The number of sulfonamides is 1. The summed E-state index contributed by atoms with van der Waals surface area (Å²) in [6, 6.07) is 11.1. The van der Waals surface area contributed by atoms with Gasteiger partial charge in [0.1, 0.15) is 5.82 Å². The summed E-state index contributed by atoms with van der Waals surface area (Å²) in [5.74, 6) is -0.715. The predicted molar refractivity (Wildman–Crippen MR) is 116 cm³/mol. The average molecular weight is 465 g/mol. The van der Waals surface area contributed by atoms with Gasteiger partial charge in [0.15, 0.2) is 0 Å². The monoisotopic (exact) mass is 464 g/mol. The number of halogens is 2. The van der Waals surface area contributed by atoms with Gasteiger partial charge in [-0.15, -0.1) is 0 Å². The second kappa shape index (κ2) is 8.37. The van der Waals surface area contributed by atoms with Crippen LogP contribution in [0.2, 0.25) is 5.02 Å². The van der Waals surface area contributed by atoms with Gasteiger partial charge in [-0.25, -0.2) is 12.8 Å². The minimum atomic E-state index is -3.98. The van der Waals surface area contributed by atoms with Crippen molar-refractivity contribution in [3.63, 3.8) is 0 Å². The minimum Gasteiger partial charge on any atom is -0.331 e. The van der Waals surface area contributed by atoms with Gasteiger partial charge in [0.25, 0.3) is 15.9 Å². The van der Waals surface area contributed by atoms with E-state index in [1.165, 1.54) is 12.1 Å². The molecule has 9 heteroatoms. The molecule has 0 aliphatic heterocycles. The zero-order chi connectivity index (χ0) is 21.3. The molecule has 0 bridgehead atoms. The lowest BCUT2D eigenvalue weighted by Crippen LogP contribution is -2.32. The van der Waals surface area contributed by atoms with E-state index < -0.39 is 15.8 Å². The first-order valence-corrected chi connectivity index (χ1v) is 12.0. The molecule has 156 valence electrons. The Labute approximate surface area is 183 Å². The van der Waals surface area contributed by atoms with Gasteiger partial charge in [-0.2, -0.15) is 11.3 Å². The van der Waals surface area contributed by atoms with Crippen molar-refractivity contribution in [3.8, 4) is 0 Å². The molecule has 1 aromatic heterocycles. The fourth-order valence-electron chi connectivity index (χ4n) is 3.05. The summed E-state index contributed by atoms with van der Waals surface area (Å²) in [6.45, 7) is 0.506. The molecular formula is C21H18ClFN2O3S2. The maximum absolute atomic E-state index is 13.2. The maximum Gasteiger partial charge on any atom is 0.261 e. The number of rotatable bonds is 7. The zero-order valence-electron chi connectivity index (χ0n) is 15.7. The van der Waals surface area contributed by atoms with E-state index in [2.05, 4.69) is 4.72 Å². The SMILES string of the molecule is O=C(c1ccc(Cl)c(NS(=O)(=O)c2ccc(F)cc2)c1)N(Cc1ccsc1)C1CC1. The molecule has 1 amide bonds. The highest BCUT2D eigenvalue weighted by molar-refractivity contribution is 7.92. The van der Waals surface area contributed by atoms with E-state index in [9.17, 15) is 17.6 Å². The molecule has 0 atom stereocenters. The van der Waals surface area contributed by atoms with Crippen molar-refractivity contribution in [3.05, 3.63) is 81.3 Å². The van der Waals surface area contributed by atoms with Gasteiger partial charge in [0.2, 0.25) is 0 Å². The Morgan fingerprint density at radius 3 is 2.53 bits per heavy atom. The minimum absolute atomic E-state index is 0.0955. The molecule has 1 fully saturated rings. The lowest BCUT2D eigenvalue weighted by Gasteiger charge is -2.22. The van der Waals surface area contributed by atoms with E-state index in [-0.39, 0.29) is 27.6 Å². The van der Waals surface area contributed by atoms with Gasteiger partial charge in [0, 0.05) is 18.2 Å². The normalized spacial score (nSPS) is 13.8. The highest BCUT2D eigenvalue weighted by Gasteiger charge is 2.33. The smallest absolute Gasteiger partial charge is 0.261 e. The van der Waals surface area contributed by atoms with E-state index in [1.807, 2.05) is 21.7 Å². The van der Waals surface area contributed by atoms with Crippen LogP contribution in [0.5, 0.6) is 0 Å². The second-order valence-electron chi connectivity index (χ2n) is 7.05. The number of carbonyl (C=O) groups excluding carboxylic acids is 1. The molecule has 2 aromatic carbocycles. The lowest BCUT2D eigenvalue weighted by atomic mass is 10.1. The first-order chi connectivity index (χ1) is 14.3. The fourth-order valence-corrected chi connectivity index (χ4v) is 5.00. The molecule has 0 spiro atoms. The van der Waals surface area contributed by atoms with Crippen LogP contribution < -0.4 is 4.72 Å². The number of nitrogens with one attached hydrogen (secondary N) is 1. The summed E-state index contributed by atoms with van der Waals surface area (Å²) in [5.41, 5.74) is 1.50. The number of anilines is 1. The Bertz CT molecular complexity index is 1160. The van der Waals surface area contributed by atoms with Crippen LogP contribution in [-0.4, -0.2) is 25.3 Å². The first kappa shape index (κ1) is 20.8. The van der Waals surface area contributed by atoms with Crippen molar-refractivity contribution >= 4 is 44.6 Å². The Balaban J connectivity index is 1.59. The Hall–Kier alpha value is -2.42. The van der Waals surface area contributed by atoms with Crippen LogP contribution in [-0.2, 0) is 16.6 Å². The number of hydrogen-bond donors (Lipinski definition) is 1. The van der Waals surface area contributed by atoms with Gasteiger partial charge in [-0.1, -0.05) is 11.6 Å². The number of nitrogens with zero attached hydrogens (tertiary/aromatic N) is 1. The third-order valence-electron chi connectivity index (χ3n) is 4.76. The van der Waals surface area contributed by atoms with Gasteiger partial charge in [-0.05, 0) is 77.7 Å².